The summed E-state index contributed by atoms with van der Waals surface area (Å²) < 4.78 is 40.8. The van der Waals surface area contributed by atoms with E-state index in [1.54, 1.807) is 7.11 Å². The van der Waals surface area contributed by atoms with Crippen molar-refractivity contribution in [1.29, 1.82) is 0 Å². The van der Waals surface area contributed by atoms with Crippen LogP contribution in [-0.2, 0) is 21.3 Å². The van der Waals surface area contributed by atoms with Crippen LogP contribution in [-0.4, -0.2) is 25.9 Å². The number of rotatable bonds is 0. The van der Waals surface area contributed by atoms with Gasteiger partial charge in [-0.05, 0) is 56.3 Å². The first-order valence-corrected chi connectivity index (χ1v) is 9.59. The van der Waals surface area contributed by atoms with Gasteiger partial charge in [0, 0.05) is 6.08 Å². The van der Waals surface area contributed by atoms with Crippen molar-refractivity contribution in [2.24, 2.45) is 0 Å². The monoisotopic (exact) mass is 382 g/mol. The van der Waals surface area contributed by atoms with Crippen LogP contribution in [0.3, 0.4) is 0 Å². The van der Waals surface area contributed by atoms with Gasteiger partial charge in [-0.25, -0.2) is 8.42 Å². The summed E-state index contributed by atoms with van der Waals surface area (Å²) in [4.78, 5) is 0. The van der Waals surface area contributed by atoms with Gasteiger partial charge >= 0.3 is 5.78 Å². The van der Waals surface area contributed by atoms with E-state index in [9.17, 15) is 3.89 Å². The molecule has 0 amide bonds. The first-order chi connectivity index (χ1) is 12.9. The van der Waals surface area contributed by atoms with E-state index in [1.807, 2.05) is 0 Å². The van der Waals surface area contributed by atoms with E-state index in [0.29, 0.717) is 0 Å². The molecular weight excluding hydrogens is 367 g/mol. The fourth-order valence-corrected chi connectivity index (χ4v) is 3.86. The molecule has 0 radical (unpaired) electrons. The van der Waals surface area contributed by atoms with Crippen LogP contribution in [0.4, 0.5) is 3.89 Å². The highest BCUT2D eigenvalue weighted by Gasteiger charge is 2.26. The van der Waals surface area contributed by atoms with Gasteiger partial charge in [-0.2, -0.15) is 0 Å². The van der Waals surface area contributed by atoms with Crippen molar-refractivity contribution >= 4 is 33.1 Å². The molecule has 6 heteroatoms. The summed E-state index contributed by atoms with van der Waals surface area (Å²) in [5, 5.41) is 2.75. The van der Waals surface area contributed by atoms with Crippen LogP contribution in [0, 0.1) is 0 Å². The maximum atomic E-state index is 10.1. The summed E-state index contributed by atoms with van der Waals surface area (Å²) in [5.41, 5.74) is 8.13. The van der Waals surface area contributed by atoms with E-state index >= 15 is 0 Å². The Labute approximate surface area is 156 Å². The zero-order chi connectivity index (χ0) is 19.2. The van der Waals surface area contributed by atoms with Crippen LogP contribution in [0.2, 0.25) is 0 Å². The molecule has 3 aromatic carbocycles. The minimum atomic E-state index is -5.42. The van der Waals surface area contributed by atoms with Crippen molar-refractivity contribution in [3.63, 3.8) is 0 Å². The number of hydrogen-bond acceptors (Lipinski definition) is 3. The van der Waals surface area contributed by atoms with Crippen LogP contribution in [0.5, 0.6) is 0 Å². The lowest BCUT2D eigenvalue weighted by molar-refractivity contribution is -0.420. The van der Waals surface area contributed by atoms with Crippen LogP contribution in [0.25, 0.3) is 39.1 Å². The number of benzene rings is 3. The van der Waals surface area contributed by atoms with Gasteiger partial charge < -0.3 is 4.55 Å². The minimum Gasteiger partial charge on any atom is -0.722 e. The summed E-state index contributed by atoms with van der Waals surface area (Å²) in [7, 11) is -3.67. The Morgan fingerprint density at radius 3 is 2.26 bits per heavy atom. The second kappa shape index (κ2) is 6.40. The fraction of sp³-hybridized carbons (Fsp3) is 0.0952. The first-order valence-electron chi connectivity index (χ1n) is 8.28. The summed E-state index contributed by atoms with van der Waals surface area (Å²) in [6.45, 7) is 0. The Bertz CT molecular complexity index is 1230. The van der Waals surface area contributed by atoms with Crippen LogP contribution in [0.15, 0.2) is 54.6 Å². The van der Waals surface area contributed by atoms with Crippen molar-refractivity contribution in [2.45, 2.75) is 6.42 Å². The molecule has 0 N–H and O–H groups in total. The molecule has 2 aliphatic carbocycles. The molecule has 136 valence electrons. The Morgan fingerprint density at radius 2 is 1.59 bits per heavy atom. The maximum absolute atomic E-state index is 10.1. The number of allylic oxidation sites excluding steroid dienone is 1. The van der Waals surface area contributed by atoms with Crippen LogP contribution < -0.4 is 0 Å². The van der Waals surface area contributed by atoms with E-state index in [-0.39, 0.29) is 0 Å². The van der Waals surface area contributed by atoms with E-state index in [0.717, 1.165) is 12.2 Å². The SMILES string of the molecule is C[O+]=C1C=Cc2c(cc3c4c(cccc24)-c2ccccc2-3)C1.O=S(=O)([O-])F. The highest BCUT2D eigenvalue weighted by molar-refractivity contribution is 7.80. The normalized spacial score (nSPS) is 15.3. The van der Waals surface area contributed by atoms with Gasteiger partial charge in [0.15, 0.2) is 0 Å². The molecule has 27 heavy (non-hydrogen) atoms. The molecule has 0 aromatic heterocycles. The number of hydrogen-bond donors (Lipinski definition) is 0. The summed E-state index contributed by atoms with van der Waals surface area (Å²) in [6, 6.07) is 17.7. The van der Waals surface area contributed by atoms with Gasteiger partial charge in [0.1, 0.15) is 0 Å². The second-order valence-electron chi connectivity index (χ2n) is 6.34. The maximum Gasteiger partial charge on any atom is 0.323 e. The Morgan fingerprint density at radius 1 is 0.963 bits per heavy atom. The fourth-order valence-electron chi connectivity index (χ4n) is 3.86. The molecule has 0 saturated heterocycles. The molecule has 0 saturated carbocycles. The summed E-state index contributed by atoms with van der Waals surface area (Å²) in [6.07, 6.45) is 5.17. The zero-order valence-corrected chi connectivity index (χ0v) is 15.2. The highest BCUT2D eigenvalue weighted by Crippen LogP contribution is 2.49. The van der Waals surface area contributed by atoms with E-state index in [1.165, 1.54) is 44.2 Å². The van der Waals surface area contributed by atoms with Crippen molar-refractivity contribution in [1.82, 2.24) is 0 Å². The van der Waals surface area contributed by atoms with Crippen molar-refractivity contribution < 1.29 is 21.3 Å². The van der Waals surface area contributed by atoms with Gasteiger partial charge in [-0.15, -0.1) is 3.89 Å². The molecule has 0 aliphatic heterocycles. The zero-order valence-electron chi connectivity index (χ0n) is 14.4. The van der Waals surface area contributed by atoms with Gasteiger partial charge in [0.25, 0.3) is 17.6 Å². The molecule has 0 fully saturated rings. The molecule has 3 aromatic rings. The highest BCUT2D eigenvalue weighted by atomic mass is 32.3. The van der Waals surface area contributed by atoms with Crippen molar-refractivity contribution in [3.05, 3.63) is 65.7 Å². The third-order valence-corrected chi connectivity index (χ3v) is 4.86. The lowest BCUT2D eigenvalue weighted by Gasteiger charge is -2.13. The molecule has 0 unspecified atom stereocenters. The lowest BCUT2D eigenvalue weighted by Crippen LogP contribution is -2.08. The molecule has 0 heterocycles. The van der Waals surface area contributed by atoms with Crippen LogP contribution >= 0.6 is 0 Å². The third kappa shape index (κ3) is 3.18. The predicted octanol–water partition coefficient (Wildman–Crippen LogP) is 4.21. The Kier molecular flexibility index (Phi) is 4.17. The van der Waals surface area contributed by atoms with Gasteiger partial charge in [-0.3, -0.25) is 4.42 Å². The summed E-state index contributed by atoms with van der Waals surface area (Å²) >= 11 is 0. The Hall–Kier alpha value is -2.83. The third-order valence-electron chi connectivity index (χ3n) is 4.86. The van der Waals surface area contributed by atoms with Crippen molar-refractivity contribution in [2.75, 3.05) is 7.11 Å². The van der Waals surface area contributed by atoms with Crippen LogP contribution in [0.1, 0.15) is 11.1 Å². The van der Waals surface area contributed by atoms with E-state index in [4.69, 9.17) is 17.4 Å². The number of ketones is 1. The topological polar surface area (TPSA) is 68.5 Å². The molecule has 0 bridgehead atoms. The molecule has 0 atom stereocenters. The number of fused-ring (bicyclic) bond motifs is 5. The quantitative estimate of drug-likeness (QED) is 0.260. The smallest absolute Gasteiger partial charge is 0.323 e. The van der Waals surface area contributed by atoms with Gasteiger partial charge in [0.05, 0.1) is 6.42 Å². The van der Waals surface area contributed by atoms with Gasteiger partial charge in [0.2, 0.25) is 0 Å². The predicted molar refractivity (Wildman–Crippen MR) is 103 cm³/mol. The largest absolute Gasteiger partial charge is 0.722 e. The number of halogens is 1. The molecule has 4 nitrogen and oxygen atoms in total. The Balaban J connectivity index is 0.000000323. The second-order valence-corrected chi connectivity index (χ2v) is 7.13. The van der Waals surface area contributed by atoms with E-state index in [2.05, 4.69) is 60.7 Å². The van der Waals surface area contributed by atoms with E-state index < -0.39 is 10.5 Å². The average Bonchev–Trinajstić information content (AvgIpc) is 2.96. The molecule has 5 rings (SSSR count). The molecular formula is C21H15FO4S. The average molecular weight is 382 g/mol. The molecule has 0 spiro atoms. The lowest BCUT2D eigenvalue weighted by atomic mass is 9.88. The molecule has 2 aliphatic rings. The minimum absolute atomic E-state index is 0.873. The van der Waals surface area contributed by atoms with Crippen molar-refractivity contribution in [3.8, 4) is 22.3 Å². The number of carbonyl (C=O) groups excluding carboxylic acids is 1. The first kappa shape index (κ1) is 17.6. The standard InChI is InChI=1S/C21H15O.FHO3S/c1-22-14-9-10-15-13(11-14)12-20-17-6-3-2-5-16(17)19-8-4-7-18(15)21(19)20;1-5(2,3)4/h2-10,12H,11H2,1H3;(H,2,3,4)/q+1;/p-1. The summed E-state index contributed by atoms with van der Waals surface area (Å²) in [5.74, 6) is 1.03. The van der Waals surface area contributed by atoms with Gasteiger partial charge in [-0.1, -0.05) is 42.5 Å².